The first-order chi connectivity index (χ1) is 17.9. The van der Waals surface area contributed by atoms with Gasteiger partial charge in [0.2, 0.25) is 5.76 Å². The number of hydrogen-bond donors (Lipinski definition) is 2. The van der Waals surface area contributed by atoms with Crippen LogP contribution in [0.1, 0.15) is 46.9 Å². The predicted octanol–water partition coefficient (Wildman–Crippen LogP) is 7.53. The van der Waals surface area contributed by atoms with Gasteiger partial charge in [-0.05, 0) is 61.4 Å². The Labute approximate surface area is 220 Å². The van der Waals surface area contributed by atoms with Crippen molar-refractivity contribution < 1.29 is 23.8 Å². The Kier molecular flexibility index (Phi) is 5.75. The van der Waals surface area contributed by atoms with Crippen molar-refractivity contribution in [3.63, 3.8) is 0 Å². The molecule has 1 saturated carbocycles. The summed E-state index contributed by atoms with van der Waals surface area (Å²) in [5, 5.41) is 14.1. The summed E-state index contributed by atoms with van der Waals surface area (Å²) in [5.74, 6) is 5.81. The fourth-order valence-electron chi connectivity index (χ4n) is 4.29. The maximum Gasteiger partial charge on any atom is 0.412 e. The highest BCUT2D eigenvalue weighted by Crippen LogP contribution is 2.52. The summed E-state index contributed by atoms with van der Waals surface area (Å²) < 4.78 is 12.6. The van der Waals surface area contributed by atoms with Crippen LogP contribution in [0, 0.1) is 11.8 Å². The fourth-order valence-corrected chi connectivity index (χ4v) is 6.82. The summed E-state index contributed by atoms with van der Waals surface area (Å²) in [4.78, 5) is 26.2. The molecule has 184 valence electrons. The zero-order valence-corrected chi connectivity index (χ0v) is 21.4. The SMILES string of the molecule is CC(OC(=O)Nc1c(C#Cc2cc3cc(C4(C(=O)O)CC4)sc3s2)oc2ccccc12)c1ccccc1. The number of thiophene rings is 2. The molecular weight excluding hydrogens is 506 g/mol. The number of carboxylic acid groups (broad SMARTS) is 1. The molecule has 0 aliphatic heterocycles. The lowest BCUT2D eigenvalue weighted by molar-refractivity contribution is -0.139. The van der Waals surface area contributed by atoms with Gasteiger partial charge in [0.05, 0.1) is 8.89 Å². The van der Waals surface area contributed by atoms with Crippen LogP contribution in [-0.4, -0.2) is 17.2 Å². The molecule has 1 fully saturated rings. The van der Waals surface area contributed by atoms with E-state index in [0.717, 1.165) is 30.1 Å². The molecule has 0 spiro atoms. The number of rotatable bonds is 5. The fraction of sp³-hybridized carbons (Fsp3) is 0.172. The molecule has 5 aromatic rings. The largest absolute Gasteiger partial charge is 0.481 e. The molecule has 1 atom stereocenters. The summed E-state index contributed by atoms with van der Waals surface area (Å²) in [6.07, 6.45) is 0.366. The molecule has 1 aliphatic rings. The van der Waals surface area contributed by atoms with Crippen molar-refractivity contribution in [2.24, 2.45) is 0 Å². The number of benzene rings is 2. The second-order valence-electron chi connectivity index (χ2n) is 8.99. The maximum atomic E-state index is 12.8. The van der Waals surface area contributed by atoms with Crippen LogP contribution in [0.4, 0.5) is 10.5 Å². The topological polar surface area (TPSA) is 88.8 Å². The number of para-hydroxylation sites is 1. The van der Waals surface area contributed by atoms with E-state index in [2.05, 4.69) is 17.2 Å². The molecule has 0 bridgehead atoms. The molecule has 1 unspecified atom stereocenters. The van der Waals surface area contributed by atoms with Gasteiger partial charge in [-0.25, -0.2) is 4.79 Å². The van der Waals surface area contributed by atoms with Crippen LogP contribution in [0.15, 0.2) is 71.1 Å². The van der Waals surface area contributed by atoms with Gasteiger partial charge in [0.25, 0.3) is 0 Å². The lowest BCUT2D eigenvalue weighted by atomic mass is 10.1. The number of aliphatic carboxylic acids is 1. The van der Waals surface area contributed by atoms with Gasteiger partial charge < -0.3 is 14.3 Å². The van der Waals surface area contributed by atoms with E-state index in [-0.39, 0.29) is 0 Å². The number of fused-ring (bicyclic) bond motifs is 2. The van der Waals surface area contributed by atoms with Crippen LogP contribution in [0.2, 0.25) is 0 Å². The van der Waals surface area contributed by atoms with E-state index < -0.39 is 23.6 Å². The summed E-state index contributed by atoms with van der Waals surface area (Å²) in [6.45, 7) is 1.82. The van der Waals surface area contributed by atoms with E-state index in [1.54, 1.807) is 0 Å². The third-order valence-corrected chi connectivity index (χ3v) is 9.03. The Bertz CT molecular complexity index is 1680. The van der Waals surface area contributed by atoms with E-state index in [0.29, 0.717) is 29.9 Å². The van der Waals surface area contributed by atoms with Crippen LogP contribution >= 0.6 is 22.7 Å². The first-order valence-electron chi connectivity index (χ1n) is 11.8. The highest BCUT2D eigenvalue weighted by Gasteiger charge is 2.53. The van der Waals surface area contributed by atoms with Crippen LogP contribution in [0.25, 0.3) is 20.4 Å². The number of carbonyl (C=O) groups excluding carboxylic acids is 1. The second-order valence-corrected chi connectivity index (χ2v) is 11.3. The van der Waals surface area contributed by atoms with Gasteiger partial charge >= 0.3 is 12.1 Å². The van der Waals surface area contributed by atoms with Crippen LogP contribution < -0.4 is 5.32 Å². The van der Waals surface area contributed by atoms with E-state index >= 15 is 0 Å². The van der Waals surface area contributed by atoms with Crippen molar-refractivity contribution in [2.75, 3.05) is 5.32 Å². The quantitative estimate of drug-likeness (QED) is 0.231. The molecule has 1 amide bonds. The average Bonchev–Trinajstić information content (AvgIpc) is 3.33. The molecule has 0 radical (unpaired) electrons. The lowest BCUT2D eigenvalue weighted by Gasteiger charge is -2.14. The Morgan fingerprint density at radius 1 is 1.05 bits per heavy atom. The Morgan fingerprint density at radius 2 is 1.81 bits per heavy atom. The molecule has 1 aliphatic carbocycles. The van der Waals surface area contributed by atoms with Crippen molar-refractivity contribution in [3.8, 4) is 11.8 Å². The smallest absolute Gasteiger partial charge is 0.412 e. The summed E-state index contributed by atoms with van der Waals surface area (Å²) in [6, 6.07) is 20.9. The highest BCUT2D eigenvalue weighted by atomic mass is 32.2. The van der Waals surface area contributed by atoms with Crippen LogP contribution in [0.3, 0.4) is 0 Å². The van der Waals surface area contributed by atoms with E-state index in [4.69, 9.17) is 9.15 Å². The van der Waals surface area contributed by atoms with Gasteiger partial charge in [-0.1, -0.05) is 42.5 Å². The second kappa shape index (κ2) is 9.11. The van der Waals surface area contributed by atoms with Gasteiger partial charge in [0.15, 0.2) is 0 Å². The first-order valence-corrected chi connectivity index (χ1v) is 13.4. The van der Waals surface area contributed by atoms with Crippen molar-refractivity contribution >= 4 is 60.8 Å². The molecule has 37 heavy (non-hydrogen) atoms. The minimum atomic E-state index is -0.747. The van der Waals surface area contributed by atoms with Crippen molar-refractivity contribution in [1.29, 1.82) is 0 Å². The zero-order valence-electron chi connectivity index (χ0n) is 19.7. The molecule has 3 aromatic heterocycles. The van der Waals surface area contributed by atoms with E-state index in [9.17, 15) is 14.7 Å². The number of amides is 1. The van der Waals surface area contributed by atoms with Gasteiger partial charge in [0, 0.05) is 15.6 Å². The normalized spacial score (nSPS) is 14.6. The Balaban J connectivity index is 1.26. The molecular formula is C29H21NO5S2. The van der Waals surface area contributed by atoms with Crippen molar-refractivity contribution in [1.82, 2.24) is 0 Å². The van der Waals surface area contributed by atoms with E-state index in [1.165, 1.54) is 22.7 Å². The molecule has 6 nitrogen and oxygen atoms in total. The van der Waals surface area contributed by atoms with E-state index in [1.807, 2.05) is 73.7 Å². The number of ether oxygens (including phenoxy) is 1. The number of anilines is 1. The summed E-state index contributed by atoms with van der Waals surface area (Å²) >= 11 is 3.05. The monoisotopic (exact) mass is 527 g/mol. The molecule has 3 heterocycles. The molecule has 2 aromatic carbocycles. The zero-order chi connectivity index (χ0) is 25.6. The Hall–Kier alpha value is -4.06. The van der Waals surface area contributed by atoms with Gasteiger partial charge in [-0.15, -0.1) is 22.7 Å². The van der Waals surface area contributed by atoms with Crippen LogP contribution in [-0.2, 0) is 14.9 Å². The summed E-state index contributed by atoms with van der Waals surface area (Å²) in [7, 11) is 0. The number of carboxylic acids is 1. The van der Waals surface area contributed by atoms with Crippen LogP contribution in [0.5, 0.6) is 0 Å². The third kappa shape index (κ3) is 4.37. The first kappa shape index (κ1) is 23.3. The Morgan fingerprint density at radius 3 is 2.54 bits per heavy atom. The number of carbonyl (C=O) groups is 2. The minimum Gasteiger partial charge on any atom is -0.481 e. The number of nitrogens with one attached hydrogen (secondary N) is 1. The average molecular weight is 528 g/mol. The molecule has 6 rings (SSSR count). The van der Waals surface area contributed by atoms with Gasteiger partial charge in [-0.2, -0.15) is 0 Å². The van der Waals surface area contributed by atoms with Gasteiger partial charge in [-0.3, -0.25) is 10.1 Å². The molecule has 0 saturated heterocycles. The standard InChI is InChI=1S/C29H21NO5S2/c1-17(18-7-3-2-4-8-18)34-28(33)30-25-21-9-5-6-10-22(21)35-23(25)12-11-20-15-19-16-24(37-26(19)36-20)29(13-14-29)27(31)32/h2-10,15-17H,13-14H2,1H3,(H,30,33)(H,31,32). The van der Waals surface area contributed by atoms with Gasteiger partial charge in [0.1, 0.15) is 22.8 Å². The lowest BCUT2D eigenvalue weighted by Crippen LogP contribution is -2.17. The predicted molar refractivity (Wildman–Crippen MR) is 145 cm³/mol. The maximum absolute atomic E-state index is 12.8. The minimum absolute atomic E-state index is 0.339. The highest BCUT2D eigenvalue weighted by molar-refractivity contribution is 7.38. The molecule has 8 heteroatoms. The third-order valence-electron chi connectivity index (χ3n) is 6.52. The summed E-state index contributed by atoms with van der Waals surface area (Å²) in [5.41, 5.74) is 1.27. The van der Waals surface area contributed by atoms with Crippen molar-refractivity contribution in [2.45, 2.75) is 31.3 Å². The van der Waals surface area contributed by atoms with Crippen molar-refractivity contribution in [3.05, 3.63) is 87.8 Å². The number of hydrogen-bond acceptors (Lipinski definition) is 6. The number of furan rings is 1. The molecule has 2 N–H and O–H groups in total.